The highest BCUT2D eigenvalue weighted by atomic mass is 16.6. The van der Waals surface area contributed by atoms with Crippen molar-refractivity contribution in [3.05, 3.63) is 21.5 Å². The smallest absolute Gasteiger partial charge is 0.322 e. The summed E-state index contributed by atoms with van der Waals surface area (Å²) in [6, 6.07) is 0.0321. The minimum atomic E-state index is -0.528. The number of hydrogen-bond acceptors (Lipinski definition) is 4. The molecule has 4 atom stereocenters. The highest BCUT2D eigenvalue weighted by Gasteiger charge is 2.42. The number of rotatable bonds is 4. The molecule has 0 radical (unpaired) electrons. The molecule has 2 aliphatic carbocycles. The lowest BCUT2D eigenvalue weighted by molar-refractivity contribution is -0.385. The van der Waals surface area contributed by atoms with Crippen molar-refractivity contribution in [2.45, 2.75) is 45.6 Å². The molecule has 2 aliphatic rings. The zero-order valence-corrected chi connectivity index (χ0v) is 13.2. The van der Waals surface area contributed by atoms with Gasteiger partial charge in [-0.05, 0) is 50.9 Å². The van der Waals surface area contributed by atoms with Gasteiger partial charge in [-0.3, -0.25) is 19.6 Å². The highest BCUT2D eigenvalue weighted by molar-refractivity contribution is 5.96. The lowest BCUT2D eigenvalue weighted by Crippen LogP contribution is -2.40. The van der Waals surface area contributed by atoms with Gasteiger partial charge < -0.3 is 5.32 Å². The van der Waals surface area contributed by atoms with Crippen molar-refractivity contribution in [3.8, 4) is 0 Å². The molecule has 2 saturated carbocycles. The third kappa shape index (κ3) is 2.38. The van der Waals surface area contributed by atoms with E-state index in [1.165, 1.54) is 23.9 Å². The quantitative estimate of drug-likeness (QED) is 0.682. The van der Waals surface area contributed by atoms with Gasteiger partial charge in [-0.25, -0.2) is 0 Å². The first kappa shape index (κ1) is 15.0. The lowest BCUT2D eigenvalue weighted by Gasteiger charge is -2.28. The maximum absolute atomic E-state index is 12.4. The number of amides is 1. The van der Waals surface area contributed by atoms with Crippen molar-refractivity contribution in [1.82, 2.24) is 15.1 Å². The van der Waals surface area contributed by atoms with Crippen molar-refractivity contribution in [1.29, 1.82) is 0 Å². The third-order valence-corrected chi connectivity index (χ3v) is 5.49. The Kier molecular flexibility index (Phi) is 3.66. The van der Waals surface area contributed by atoms with Crippen LogP contribution < -0.4 is 5.32 Å². The Hall–Kier alpha value is -1.92. The highest BCUT2D eigenvalue weighted by Crippen LogP contribution is 2.49. The van der Waals surface area contributed by atoms with E-state index in [-0.39, 0.29) is 17.4 Å². The fourth-order valence-corrected chi connectivity index (χ4v) is 4.26. The Bertz CT molecular complexity index is 625. The number of hydrogen-bond donors (Lipinski definition) is 1. The van der Waals surface area contributed by atoms with Crippen LogP contribution in [0.3, 0.4) is 0 Å². The van der Waals surface area contributed by atoms with Crippen molar-refractivity contribution in [2.24, 2.45) is 24.8 Å². The zero-order valence-electron chi connectivity index (χ0n) is 13.2. The second-order valence-corrected chi connectivity index (χ2v) is 6.76. The molecule has 1 heterocycles. The van der Waals surface area contributed by atoms with Crippen LogP contribution >= 0.6 is 0 Å². The molecule has 2 fully saturated rings. The fraction of sp³-hybridized carbons (Fsp3) is 0.733. The van der Waals surface area contributed by atoms with Crippen LogP contribution in [0, 0.1) is 34.8 Å². The summed E-state index contributed by atoms with van der Waals surface area (Å²) in [4.78, 5) is 23.1. The normalized spacial score (nSPS) is 27.9. The SMILES string of the molecule is Cc1c([N+](=O)[O-])c(C(=O)NC(C)C2CC3CCC2C3)nn1C. The Labute approximate surface area is 129 Å². The maximum Gasteiger partial charge on any atom is 0.322 e. The Morgan fingerprint density at radius 3 is 2.73 bits per heavy atom. The Morgan fingerprint density at radius 2 is 2.18 bits per heavy atom. The molecule has 22 heavy (non-hydrogen) atoms. The number of fused-ring (bicyclic) bond motifs is 2. The number of aromatic nitrogens is 2. The molecule has 3 rings (SSSR count). The summed E-state index contributed by atoms with van der Waals surface area (Å²) >= 11 is 0. The molecule has 0 saturated heterocycles. The van der Waals surface area contributed by atoms with Crippen LogP contribution in [-0.4, -0.2) is 26.7 Å². The van der Waals surface area contributed by atoms with E-state index in [1.807, 2.05) is 6.92 Å². The first-order valence-electron chi connectivity index (χ1n) is 7.87. The standard InChI is InChI=1S/C15H22N4O3/c1-8(12-7-10-4-5-11(12)6-10)16-15(20)13-14(19(21)22)9(2)18(3)17-13/h8,10-12H,4-7H2,1-3H3,(H,16,20). The van der Waals surface area contributed by atoms with Crippen molar-refractivity contribution >= 4 is 11.6 Å². The van der Waals surface area contributed by atoms with Gasteiger partial charge in [0.05, 0.1) is 4.92 Å². The summed E-state index contributed by atoms with van der Waals surface area (Å²) in [6.45, 7) is 3.60. The molecule has 1 aromatic heterocycles. The molecule has 1 N–H and O–H groups in total. The van der Waals surface area contributed by atoms with Gasteiger partial charge in [0.2, 0.25) is 5.69 Å². The van der Waals surface area contributed by atoms with Crippen LogP contribution in [0.1, 0.15) is 48.8 Å². The molecule has 4 unspecified atom stereocenters. The number of aryl methyl sites for hydroxylation is 1. The summed E-state index contributed by atoms with van der Waals surface area (Å²) < 4.78 is 1.38. The second kappa shape index (κ2) is 5.37. The van der Waals surface area contributed by atoms with Crippen LogP contribution in [0.5, 0.6) is 0 Å². The van der Waals surface area contributed by atoms with E-state index in [9.17, 15) is 14.9 Å². The van der Waals surface area contributed by atoms with Gasteiger partial charge in [0.25, 0.3) is 5.91 Å². The fourth-order valence-electron chi connectivity index (χ4n) is 4.26. The van der Waals surface area contributed by atoms with Gasteiger partial charge >= 0.3 is 5.69 Å². The topological polar surface area (TPSA) is 90.1 Å². The molecule has 7 heteroatoms. The van der Waals surface area contributed by atoms with Gasteiger partial charge in [-0.15, -0.1) is 0 Å². The molecule has 0 aromatic carbocycles. The summed E-state index contributed by atoms with van der Waals surface area (Å²) in [6.07, 6.45) is 4.99. The van der Waals surface area contributed by atoms with Crippen LogP contribution in [0.4, 0.5) is 5.69 Å². The van der Waals surface area contributed by atoms with E-state index < -0.39 is 10.8 Å². The van der Waals surface area contributed by atoms with E-state index in [2.05, 4.69) is 10.4 Å². The van der Waals surface area contributed by atoms with Crippen molar-refractivity contribution < 1.29 is 9.72 Å². The van der Waals surface area contributed by atoms with Gasteiger partial charge in [0, 0.05) is 13.1 Å². The summed E-state index contributed by atoms with van der Waals surface area (Å²) in [5, 5.41) is 18.1. The number of nitrogens with one attached hydrogen (secondary N) is 1. The average Bonchev–Trinajstić information content (AvgIpc) is 3.14. The van der Waals surface area contributed by atoms with Gasteiger partial charge in [0.1, 0.15) is 5.69 Å². The molecular formula is C15H22N4O3. The number of carbonyl (C=O) groups is 1. The van der Waals surface area contributed by atoms with E-state index in [0.717, 1.165) is 12.3 Å². The Morgan fingerprint density at radius 1 is 1.45 bits per heavy atom. The molecular weight excluding hydrogens is 284 g/mol. The van der Waals surface area contributed by atoms with Crippen LogP contribution in [0.15, 0.2) is 0 Å². The molecule has 0 spiro atoms. The minimum absolute atomic E-state index is 0.0321. The van der Waals surface area contributed by atoms with Crippen LogP contribution in [-0.2, 0) is 7.05 Å². The molecule has 2 bridgehead atoms. The number of nitrogens with zero attached hydrogens (tertiary/aromatic N) is 3. The Balaban J connectivity index is 1.75. The van der Waals surface area contributed by atoms with E-state index in [1.54, 1.807) is 14.0 Å². The molecule has 0 aliphatic heterocycles. The summed E-state index contributed by atoms with van der Waals surface area (Å²) in [7, 11) is 1.61. The largest absolute Gasteiger partial charge is 0.348 e. The monoisotopic (exact) mass is 306 g/mol. The number of nitro groups is 1. The molecule has 1 aromatic rings. The maximum atomic E-state index is 12.4. The summed E-state index contributed by atoms with van der Waals surface area (Å²) in [5.41, 5.74) is 0.114. The average molecular weight is 306 g/mol. The van der Waals surface area contributed by atoms with Gasteiger partial charge in [-0.2, -0.15) is 5.10 Å². The van der Waals surface area contributed by atoms with Crippen molar-refractivity contribution in [3.63, 3.8) is 0 Å². The van der Waals surface area contributed by atoms with E-state index >= 15 is 0 Å². The van der Waals surface area contributed by atoms with Crippen LogP contribution in [0.25, 0.3) is 0 Å². The van der Waals surface area contributed by atoms with Crippen LogP contribution in [0.2, 0.25) is 0 Å². The predicted octanol–water partition coefficient (Wildman–Crippen LogP) is 2.19. The molecule has 120 valence electrons. The van der Waals surface area contributed by atoms with Gasteiger partial charge in [0.15, 0.2) is 0 Å². The first-order valence-corrected chi connectivity index (χ1v) is 7.87. The predicted molar refractivity (Wildman–Crippen MR) is 80.5 cm³/mol. The van der Waals surface area contributed by atoms with E-state index in [0.29, 0.717) is 17.5 Å². The minimum Gasteiger partial charge on any atom is -0.348 e. The third-order valence-electron chi connectivity index (χ3n) is 5.49. The van der Waals surface area contributed by atoms with E-state index in [4.69, 9.17) is 0 Å². The lowest BCUT2D eigenvalue weighted by atomic mass is 9.84. The second-order valence-electron chi connectivity index (χ2n) is 6.76. The number of carbonyl (C=O) groups excluding carboxylic acids is 1. The van der Waals surface area contributed by atoms with Crippen molar-refractivity contribution in [2.75, 3.05) is 0 Å². The summed E-state index contributed by atoms with van der Waals surface area (Å²) in [5.74, 6) is 1.55. The zero-order chi connectivity index (χ0) is 16.0. The molecule has 1 amide bonds. The van der Waals surface area contributed by atoms with Gasteiger partial charge in [-0.1, -0.05) is 6.42 Å². The molecule has 7 nitrogen and oxygen atoms in total. The first-order chi connectivity index (χ1) is 10.4.